The van der Waals surface area contributed by atoms with Gasteiger partial charge in [-0.05, 0) is 33.1 Å². The van der Waals surface area contributed by atoms with Gasteiger partial charge in [-0.15, -0.1) is 0 Å². The summed E-state index contributed by atoms with van der Waals surface area (Å²) in [5.41, 5.74) is 1.02. The Bertz CT molecular complexity index is 581. The van der Waals surface area contributed by atoms with Crippen molar-refractivity contribution in [1.82, 2.24) is 19.8 Å². The third-order valence-electron chi connectivity index (χ3n) is 4.67. The molecule has 0 aliphatic carbocycles. The van der Waals surface area contributed by atoms with Crippen LogP contribution in [-0.2, 0) is 22.6 Å². The molecule has 3 rings (SSSR count). The number of nitrogens with one attached hydrogen (secondary N) is 1. The SMILES string of the molecule is Cc1cn2c(n1)CCC(NC(=O)C(C)N1CCCCC1=O)C2. The van der Waals surface area contributed by atoms with Gasteiger partial charge in [0.15, 0.2) is 0 Å². The molecule has 0 aromatic carbocycles. The third-order valence-corrected chi connectivity index (χ3v) is 4.67. The Labute approximate surface area is 130 Å². The van der Waals surface area contributed by atoms with E-state index in [2.05, 4.69) is 14.9 Å². The number of amides is 2. The number of hydrogen-bond donors (Lipinski definition) is 1. The number of nitrogens with zero attached hydrogens (tertiary/aromatic N) is 3. The normalized spacial score (nSPS) is 23.1. The zero-order valence-electron chi connectivity index (χ0n) is 13.3. The van der Waals surface area contributed by atoms with Crippen LogP contribution in [0.15, 0.2) is 6.20 Å². The standard InChI is InChI=1S/C16H24N4O2/c1-11-9-19-10-13(6-7-14(19)17-11)18-16(22)12(2)20-8-4-3-5-15(20)21/h9,12-13H,3-8,10H2,1-2H3,(H,18,22). The van der Waals surface area contributed by atoms with Crippen molar-refractivity contribution in [2.45, 2.75) is 64.6 Å². The number of imidazole rings is 1. The van der Waals surface area contributed by atoms with Gasteiger partial charge in [-0.1, -0.05) is 0 Å². The molecule has 120 valence electrons. The molecule has 2 atom stereocenters. The Hall–Kier alpha value is -1.85. The highest BCUT2D eigenvalue weighted by atomic mass is 16.2. The van der Waals surface area contributed by atoms with Crippen molar-refractivity contribution >= 4 is 11.8 Å². The Morgan fingerprint density at radius 3 is 3.00 bits per heavy atom. The highest BCUT2D eigenvalue weighted by molar-refractivity contribution is 5.87. The van der Waals surface area contributed by atoms with Gasteiger partial charge < -0.3 is 14.8 Å². The van der Waals surface area contributed by atoms with Crippen LogP contribution in [0.5, 0.6) is 0 Å². The van der Waals surface area contributed by atoms with E-state index >= 15 is 0 Å². The molecule has 6 heteroatoms. The minimum absolute atomic E-state index is 0.0412. The zero-order chi connectivity index (χ0) is 15.7. The Morgan fingerprint density at radius 2 is 2.23 bits per heavy atom. The van der Waals surface area contributed by atoms with E-state index in [9.17, 15) is 9.59 Å². The molecule has 0 spiro atoms. The lowest BCUT2D eigenvalue weighted by molar-refractivity contribution is -0.142. The fourth-order valence-corrected chi connectivity index (χ4v) is 3.40. The number of carbonyl (C=O) groups excluding carboxylic acids is 2. The van der Waals surface area contributed by atoms with Gasteiger partial charge in [-0.2, -0.15) is 0 Å². The van der Waals surface area contributed by atoms with Gasteiger partial charge in [-0.3, -0.25) is 9.59 Å². The van der Waals surface area contributed by atoms with Crippen LogP contribution in [-0.4, -0.2) is 44.9 Å². The summed E-state index contributed by atoms with van der Waals surface area (Å²) in [5.74, 6) is 1.16. The molecule has 2 amide bonds. The van der Waals surface area contributed by atoms with Gasteiger partial charge in [0.05, 0.1) is 5.69 Å². The minimum Gasteiger partial charge on any atom is -0.350 e. The number of hydrogen-bond acceptors (Lipinski definition) is 3. The second-order valence-corrected chi connectivity index (χ2v) is 6.42. The van der Waals surface area contributed by atoms with Gasteiger partial charge in [-0.25, -0.2) is 4.98 Å². The topological polar surface area (TPSA) is 67.2 Å². The van der Waals surface area contributed by atoms with E-state index in [4.69, 9.17) is 0 Å². The van der Waals surface area contributed by atoms with Crippen LogP contribution in [0, 0.1) is 6.92 Å². The smallest absolute Gasteiger partial charge is 0.242 e. The molecule has 22 heavy (non-hydrogen) atoms. The Balaban J connectivity index is 1.59. The first-order valence-electron chi connectivity index (χ1n) is 8.17. The minimum atomic E-state index is -0.376. The molecule has 2 unspecified atom stereocenters. The molecule has 0 bridgehead atoms. The molecule has 2 aliphatic rings. The van der Waals surface area contributed by atoms with Crippen LogP contribution >= 0.6 is 0 Å². The van der Waals surface area contributed by atoms with Crippen molar-refractivity contribution in [3.63, 3.8) is 0 Å². The predicted octanol–water partition coefficient (Wildman–Crippen LogP) is 1.02. The maximum Gasteiger partial charge on any atom is 0.242 e. The fourth-order valence-electron chi connectivity index (χ4n) is 3.40. The van der Waals surface area contributed by atoms with E-state index in [1.165, 1.54) is 0 Å². The molecule has 6 nitrogen and oxygen atoms in total. The van der Waals surface area contributed by atoms with E-state index in [-0.39, 0.29) is 23.9 Å². The van der Waals surface area contributed by atoms with Gasteiger partial charge >= 0.3 is 0 Å². The van der Waals surface area contributed by atoms with Crippen LogP contribution in [0.4, 0.5) is 0 Å². The number of carbonyl (C=O) groups is 2. The fraction of sp³-hybridized carbons (Fsp3) is 0.688. The molecular formula is C16H24N4O2. The molecule has 2 aliphatic heterocycles. The summed E-state index contributed by atoms with van der Waals surface area (Å²) in [5, 5.41) is 3.11. The largest absolute Gasteiger partial charge is 0.350 e. The summed E-state index contributed by atoms with van der Waals surface area (Å²) >= 11 is 0. The number of piperidine rings is 1. The van der Waals surface area contributed by atoms with Crippen LogP contribution in [0.1, 0.15) is 44.1 Å². The second-order valence-electron chi connectivity index (χ2n) is 6.42. The quantitative estimate of drug-likeness (QED) is 0.907. The lowest BCUT2D eigenvalue weighted by Crippen LogP contribution is -2.52. The van der Waals surface area contributed by atoms with E-state index < -0.39 is 0 Å². The molecule has 0 radical (unpaired) electrons. The van der Waals surface area contributed by atoms with Crippen molar-refractivity contribution in [2.75, 3.05) is 6.54 Å². The first-order chi connectivity index (χ1) is 10.5. The molecule has 1 aromatic rings. The van der Waals surface area contributed by atoms with Crippen molar-refractivity contribution in [2.24, 2.45) is 0 Å². The lowest BCUT2D eigenvalue weighted by atomic mass is 10.1. The maximum absolute atomic E-state index is 12.4. The van der Waals surface area contributed by atoms with Crippen molar-refractivity contribution in [3.05, 3.63) is 17.7 Å². The maximum atomic E-state index is 12.4. The van der Waals surface area contributed by atoms with E-state index in [0.29, 0.717) is 13.0 Å². The highest BCUT2D eigenvalue weighted by Gasteiger charge is 2.29. The highest BCUT2D eigenvalue weighted by Crippen LogP contribution is 2.17. The first-order valence-corrected chi connectivity index (χ1v) is 8.17. The Kier molecular flexibility index (Phi) is 4.18. The molecule has 1 N–H and O–H groups in total. The number of rotatable bonds is 3. The summed E-state index contributed by atoms with van der Waals surface area (Å²) in [7, 11) is 0. The number of fused-ring (bicyclic) bond motifs is 1. The van der Waals surface area contributed by atoms with Gasteiger partial charge in [0.2, 0.25) is 11.8 Å². The van der Waals surface area contributed by atoms with Crippen LogP contribution in [0.2, 0.25) is 0 Å². The molecule has 3 heterocycles. The van der Waals surface area contributed by atoms with Crippen molar-refractivity contribution < 1.29 is 9.59 Å². The summed E-state index contributed by atoms with van der Waals surface area (Å²) in [6, 6.07) is -0.255. The number of aromatic nitrogens is 2. The van der Waals surface area contributed by atoms with Crippen LogP contribution < -0.4 is 5.32 Å². The zero-order valence-corrected chi connectivity index (χ0v) is 13.3. The van der Waals surface area contributed by atoms with E-state index in [1.807, 2.05) is 20.0 Å². The van der Waals surface area contributed by atoms with Gasteiger partial charge in [0, 0.05) is 38.2 Å². The summed E-state index contributed by atoms with van der Waals surface area (Å²) in [6.07, 6.45) is 6.32. The summed E-state index contributed by atoms with van der Waals surface area (Å²) in [6.45, 7) is 5.28. The van der Waals surface area contributed by atoms with Crippen LogP contribution in [0.25, 0.3) is 0 Å². The number of likely N-dealkylation sites (tertiary alicyclic amines) is 1. The second kappa shape index (κ2) is 6.10. The van der Waals surface area contributed by atoms with Crippen molar-refractivity contribution in [3.8, 4) is 0 Å². The number of aryl methyl sites for hydroxylation is 2. The van der Waals surface area contributed by atoms with E-state index in [0.717, 1.165) is 43.7 Å². The predicted molar refractivity (Wildman–Crippen MR) is 82.2 cm³/mol. The summed E-state index contributed by atoms with van der Waals surface area (Å²) in [4.78, 5) is 30.6. The average molecular weight is 304 g/mol. The molecular weight excluding hydrogens is 280 g/mol. The van der Waals surface area contributed by atoms with Gasteiger partial charge in [0.25, 0.3) is 0 Å². The third kappa shape index (κ3) is 3.00. The Morgan fingerprint density at radius 1 is 1.41 bits per heavy atom. The van der Waals surface area contributed by atoms with Gasteiger partial charge in [0.1, 0.15) is 11.9 Å². The average Bonchev–Trinajstić information content (AvgIpc) is 2.86. The molecule has 1 fully saturated rings. The van der Waals surface area contributed by atoms with Crippen LogP contribution in [0.3, 0.4) is 0 Å². The monoisotopic (exact) mass is 304 g/mol. The van der Waals surface area contributed by atoms with Crippen molar-refractivity contribution in [1.29, 1.82) is 0 Å². The molecule has 1 saturated heterocycles. The first kappa shape index (κ1) is 15.1. The molecule has 1 aromatic heterocycles. The lowest BCUT2D eigenvalue weighted by Gasteiger charge is -2.33. The molecule has 0 saturated carbocycles. The summed E-state index contributed by atoms with van der Waals surface area (Å²) < 4.78 is 2.13. The van der Waals surface area contributed by atoms with E-state index in [1.54, 1.807) is 4.90 Å².